The monoisotopic (exact) mass is 688 g/mol. The van der Waals surface area contributed by atoms with Gasteiger partial charge in [0.1, 0.15) is 0 Å². The molecule has 1 N–H and O–H groups in total. The lowest BCUT2D eigenvalue weighted by Crippen LogP contribution is -2.72. The largest absolute Gasteiger partial charge is 0.460 e. The van der Waals surface area contributed by atoms with Gasteiger partial charge in [0.2, 0.25) is 0 Å². The summed E-state index contributed by atoms with van der Waals surface area (Å²) in [4.78, 5) is 11.2. The number of hydrogen-bond acceptors (Lipinski definition) is 3. The first-order valence-electron chi connectivity index (χ1n) is 13.6. The summed E-state index contributed by atoms with van der Waals surface area (Å²) in [5.74, 6) is -41.5. The highest BCUT2D eigenvalue weighted by Crippen LogP contribution is 2.62. The zero-order valence-corrected chi connectivity index (χ0v) is 23.8. The average molecular weight is 689 g/mol. The van der Waals surface area contributed by atoms with Crippen molar-refractivity contribution in [1.82, 2.24) is 0 Å². The molecule has 0 radical (unpaired) electrons. The normalized spacial score (nSPS) is 14.6. The van der Waals surface area contributed by atoms with Crippen molar-refractivity contribution >= 4 is 5.97 Å². The van der Waals surface area contributed by atoms with E-state index >= 15 is 0 Å². The van der Waals surface area contributed by atoms with E-state index in [1.54, 1.807) is 0 Å². The first kappa shape index (κ1) is 44.4. The molecule has 0 amide bonds. The minimum absolute atomic E-state index is 0.284. The lowest BCUT2D eigenvalue weighted by molar-refractivity contribution is -0.461. The Bertz CT molecular complexity index is 768. The van der Waals surface area contributed by atoms with Crippen LogP contribution in [0.3, 0.4) is 0 Å². The number of esters is 1. The Labute approximate surface area is 243 Å². The molecule has 1 atom stereocenters. The summed E-state index contributed by atoms with van der Waals surface area (Å²) in [5, 5.41) is 8.88. The van der Waals surface area contributed by atoms with Crippen LogP contribution in [0.2, 0.25) is 0 Å². The maximum atomic E-state index is 12.6. The lowest BCUT2D eigenvalue weighted by Gasteiger charge is -2.39. The Kier molecular flexibility index (Phi) is 18.0. The first-order valence-corrected chi connectivity index (χ1v) is 13.6. The standard InChI is InChI=1S/C18H36O3.C7F16/c1-3-4-5-6-7-8-9-10-11-12-13-14-15-16-18(20)21-17(2)19;8-1(9,2(10,11)4(14,15)6(18,19)20)3(12,13)5(16,17)7(21,22)23/h17,19H,3-16H2,1-2H3;. The molecule has 0 aliphatic rings. The maximum absolute atomic E-state index is 12.6. The predicted octanol–water partition coefficient (Wildman–Crippen LogP) is 10.6. The number of rotatable bonds is 19. The van der Waals surface area contributed by atoms with Crippen LogP contribution in [0.1, 0.15) is 104 Å². The molecule has 0 spiro atoms. The Balaban J connectivity index is 0. The van der Waals surface area contributed by atoms with Crippen molar-refractivity contribution in [2.75, 3.05) is 0 Å². The summed E-state index contributed by atoms with van der Waals surface area (Å²) in [7, 11) is 0. The Morgan fingerprint density at radius 1 is 0.500 bits per heavy atom. The molecule has 0 saturated carbocycles. The highest BCUT2D eigenvalue weighted by atomic mass is 19.4. The Morgan fingerprint density at radius 2 is 0.750 bits per heavy atom. The minimum atomic E-state index is -8.43. The van der Waals surface area contributed by atoms with Crippen molar-refractivity contribution < 1.29 is 84.9 Å². The van der Waals surface area contributed by atoms with Gasteiger partial charge in [0, 0.05) is 6.42 Å². The van der Waals surface area contributed by atoms with Crippen LogP contribution in [0, 0.1) is 0 Å². The molecular weight excluding hydrogens is 652 g/mol. The van der Waals surface area contributed by atoms with Crippen molar-refractivity contribution in [2.24, 2.45) is 0 Å². The van der Waals surface area contributed by atoms with E-state index < -0.39 is 48.3 Å². The van der Waals surface area contributed by atoms with Gasteiger partial charge in [0.15, 0.2) is 6.29 Å². The van der Waals surface area contributed by atoms with Gasteiger partial charge in [-0.15, -0.1) is 0 Å². The number of aliphatic hydroxyl groups is 1. The zero-order chi connectivity index (χ0) is 35.3. The van der Waals surface area contributed by atoms with Crippen LogP contribution in [0.25, 0.3) is 0 Å². The van der Waals surface area contributed by atoms with Crippen LogP contribution in [-0.4, -0.2) is 59.3 Å². The summed E-state index contributed by atoms with van der Waals surface area (Å²) >= 11 is 0. The number of halogens is 16. The number of hydrogen-bond donors (Lipinski definition) is 1. The van der Waals surface area contributed by atoms with Crippen LogP contribution < -0.4 is 0 Å². The SMILES string of the molecule is CCCCCCCCCCCCCCCC(=O)OC(C)O.FC(F)(F)C(F)(F)C(F)(F)C(F)(F)C(F)(F)C(F)(F)C(F)(F)F. The lowest BCUT2D eigenvalue weighted by atomic mass is 9.94. The Morgan fingerprint density at radius 3 is 1.00 bits per heavy atom. The van der Waals surface area contributed by atoms with Gasteiger partial charge in [-0.25, -0.2) is 0 Å². The summed E-state index contributed by atoms with van der Waals surface area (Å²) in [6.07, 6.45) is 1.01. The van der Waals surface area contributed by atoms with Gasteiger partial charge in [-0.1, -0.05) is 84.0 Å². The van der Waals surface area contributed by atoms with Crippen molar-refractivity contribution in [3.63, 3.8) is 0 Å². The number of aliphatic hydroxyl groups excluding tert-OH is 1. The minimum Gasteiger partial charge on any atom is -0.436 e. The molecule has 0 aromatic heterocycles. The van der Waals surface area contributed by atoms with Crippen molar-refractivity contribution in [2.45, 2.75) is 152 Å². The molecule has 0 rings (SSSR count). The molecule has 44 heavy (non-hydrogen) atoms. The molecular formula is C25H36F16O3. The van der Waals surface area contributed by atoms with Gasteiger partial charge < -0.3 is 9.84 Å². The molecule has 0 heterocycles. The molecule has 3 nitrogen and oxygen atoms in total. The molecule has 0 aliphatic carbocycles. The highest BCUT2D eigenvalue weighted by molar-refractivity contribution is 5.69. The topological polar surface area (TPSA) is 46.5 Å². The molecule has 0 saturated heterocycles. The number of carbonyl (C=O) groups excluding carboxylic acids is 1. The molecule has 0 aliphatic heterocycles. The third-order valence-corrected chi connectivity index (χ3v) is 6.08. The van der Waals surface area contributed by atoms with Crippen LogP contribution in [0.4, 0.5) is 70.2 Å². The third kappa shape index (κ3) is 12.2. The van der Waals surface area contributed by atoms with Gasteiger partial charge in [0.25, 0.3) is 0 Å². The maximum Gasteiger partial charge on any atom is 0.460 e. The molecule has 0 aromatic rings. The summed E-state index contributed by atoms with van der Waals surface area (Å²) < 4.78 is 198. The number of carbonyl (C=O) groups is 1. The second-order valence-electron chi connectivity index (χ2n) is 9.95. The van der Waals surface area contributed by atoms with Crippen LogP contribution >= 0.6 is 0 Å². The van der Waals surface area contributed by atoms with E-state index in [4.69, 9.17) is 5.11 Å². The van der Waals surface area contributed by atoms with E-state index in [2.05, 4.69) is 11.7 Å². The smallest absolute Gasteiger partial charge is 0.436 e. The second-order valence-corrected chi connectivity index (χ2v) is 9.95. The Hall–Kier alpha value is -1.69. The zero-order valence-electron chi connectivity index (χ0n) is 23.8. The molecule has 1 unspecified atom stereocenters. The van der Waals surface area contributed by atoms with Crippen molar-refractivity contribution in [1.29, 1.82) is 0 Å². The van der Waals surface area contributed by atoms with E-state index in [9.17, 15) is 75.0 Å². The fraction of sp³-hybridized carbons (Fsp3) is 0.960. The summed E-state index contributed by atoms with van der Waals surface area (Å²) in [6, 6.07) is 0. The highest BCUT2D eigenvalue weighted by Gasteiger charge is 2.93. The quantitative estimate of drug-likeness (QED) is 0.0636. The van der Waals surface area contributed by atoms with Gasteiger partial charge in [-0.2, -0.15) is 70.2 Å². The number of unbranched alkanes of at least 4 members (excludes halogenated alkanes) is 12. The van der Waals surface area contributed by atoms with E-state index in [1.807, 2.05) is 0 Å². The molecule has 266 valence electrons. The van der Waals surface area contributed by atoms with Crippen LogP contribution in [-0.2, 0) is 9.53 Å². The van der Waals surface area contributed by atoms with Gasteiger partial charge in [-0.3, -0.25) is 4.79 Å². The second kappa shape index (κ2) is 17.9. The predicted molar refractivity (Wildman–Crippen MR) is 125 cm³/mol. The average Bonchev–Trinajstić information content (AvgIpc) is 2.85. The molecule has 0 bridgehead atoms. The van der Waals surface area contributed by atoms with Crippen LogP contribution in [0.15, 0.2) is 0 Å². The first-order chi connectivity index (χ1) is 19.7. The summed E-state index contributed by atoms with van der Waals surface area (Å²) in [5.41, 5.74) is 0. The van der Waals surface area contributed by atoms with Crippen molar-refractivity contribution in [3.8, 4) is 0 Å². The summed E-state index contributed by atoms with van der Waals surface area (Å²) in [6.45, 7) is 3.72. The third-order valence-electron chi connectivity index (χ3n) is 6.08. The molecule has 19 heteroatoms. The van der Waals surface area contributed by atoms with E-state index in [0.29, 0.717) is 6.42 Å². The van der Waals surface area contributed by atoms with E-state index in [0.717, 1.165) is 12.8 Å². The van der Waals surface area contributed by atoms with E-state index in [-0.39, 0.29) is 5.97 Å². The fourth-order valence-corrected chi connectivity index (χ4v) is 3.48. The van der Waals surface area contributed by atoms with Gasteiger partial charge in [-0.05, 0) is 13.3 Å². The fourth-order valence-electron chi connectivity index (χ4n) is 3.48. The van der Waals surface area contributed by atoms with Crippen LogP contribution in [0.5, 0.6) is 0 Å². The number of ether oxygens (including phenoxy) is 1. The number of alkyl halides is 16. The van der Waals surface area contributed by atoms with Gasteiger partial charge in [0.05, 0.1) is 0 Å². The van der Waals surface area contributed by atoms with Gasteiger partial charge >= 0.3 is 47.9 Å². The van der Waals surface area contributed by atoms with E-state index in [1.165, 1.54) is 77.6 Å². The van der Waals surface area contributed by atoms with Crippen molar-refractivity contribution in [3.05, 3.63) is 0 Å². The molecule has 0 fully saturated rings. The molecule has 0 aromatic carbocycles.